The second-order valence-electron chi connectivity index (χ2n) is 6.75. The molecule has 0 amide bonds. The molecule has 114 valence electrons. The molecule has 20 heavy (non-hydrogen) atoms. The van der Waals surface area contributed by atoms with E-state index in [0.717, 1.165) is 36.6 Å². The van der Waals surface area contributed by atoms with E-state index >= 15 is 0 Å². The Kier molecular flexibility index (Phi) is 5.28. The van der Waals surface area contributed by atoms with Gasteiger partial charge in [0.1, 0.15) is 11.5 Å². The predicted molar refractivity (Wildman–Crippen MR) is 83.7 cm³/mol. The van der Waals surface area contributed by atoms with Gasteiger partial charge in [0.2, 0.25) is 0 Å². The first-order valence-electron chi connectivity index (χ1n) is 8.03. The zero-order chi connectivity index (χ0) is 14.7. The van der Waals surface area contributed by atoms with Crippen LogP contribution in [0.2, 0.25) is 0 Å². The fourth-order valence-electron chi connectivity index (χ4n) is 3.16. The number of rotatable bonds is 6. The van der Waals surface area contributed by atoms with Crippen molar-refractivity contribution < 1.29 is 4.42 Å². The Balaban J connectivity index is 1.98. The number of nitrogens with zero attached hydrogens (tertiary/aromatic N) is 1. The van der Waals surface area contributed by atoms with Gasteiger partial charge in [-0.25, -0.2) is 0 Å². The molecule has 0 aliphatic carbocycles. The van der Waals surface area contributed by atoms with Crippen LogP contribution in [0.5, 0.6) is 0 Å². The molecule has 1 aromatic heterocycles. The average molecular weight is 278 g/mol. The fraction of sp³-hybridized carbons (Fsp3) is 0.765. The maximum atomic E-state index is 5.96. The van der Waals surface area contributed by atoms with Crippen molar-refractivity contribution in [1.29, 1.82) is 0 Å². The number of aryl methyl sites for hydroxylation is 1. The summed E-state index contributed by atoms with van der Waals surface area (Å²) in [5.41, 5.74) is 1.30. The summed E-state index contributed by atoms with van der Waals surface area (Å²) in [5.74, 6) is 2.92. The van der Waals surface area contributed by atoms with Gasteiger partial charge in [-0.1, -0.05) is 27.7 Å². The van der Waals surface area contributed by atoms with Gasteiger partial charge in [-0.15, -0.1) is 0 Å². The highest BCUT2D eigenvalue weighted by Crippen LogP contribution is 2.26. The summed E-state index contributed by atoms with van der Waals surface area (Å²) in [6.07, 6.45) is 2.66. The molecule has 1 unspecified atom stereocenters. The monoisotopic (exact) mass is 278 g/mol. The molecule has 1 aliphatic rings. The van der Waals surface area contributed by atoms with Gasteiger partial charge >= 0.3 is 0 Å². The maximum absolute atomic E-state index is 5.96. The first kappa shape index (κ1) is 15.6. The van der Waals surface area contributed by atoms with Crippen molar-refractivity contribution in [3.8, 4) is 0 Å². The minimum absolute atomic E-state index is 0.511. The molecule has 1 aromatic rings. The smallest absolute Gasteiger partial charge is 0.118 e. The Morgan fingerprint density at radius 1 is 1.35 bits per heavy atom. The lowest BCUT2D eigenvalue weighted by Crippen LogP contribution is -2.32. The molecule has 0 radical (unpaired) electrons. The van der Waals surface area contributed by atoms with Gasteiger partial charge in [0.05, 0.1) is 6.54 Å². The van der Waals surface area contributed by atoms with Crippen molar-refractivity contribution in [2.24, 2.45) is 5.92 Å². The fourth-order valence-corrected chi connectivity index (χ4v) is 3.16. The van der Waals surface area contributed by atoms with Gasteiger partial charge in [0, 0.05) is 24.2 Å². The lowest BCUT2D eigenvalue weighted by atomic mass is 10.0. The second kappa shape index (κ2) is 6.77. The van der Waals surface area contributed by atoms with E-state index in [9.17, 15) is 0 Å². The van der Waals surface area contributed by atoms with Crippen LogP contribution >= 0.6 is 0 Å². The van der Waals surface area contributed by atoms with Gasteiger partial charge in [-0.3, -0.25) is 4.90 Å². The van der Waals surface area contributed by atoms with Crippen LogP contribution in [-0.4, -0.2) is 23.5 Å². The largest absolute Gasteiger partial charge is 0.465 e. The summed E-state index contributed by atoms with van der Waals surface area (Å²) in [6, 6.07) is 3.47. The summed E-state index contributed by atoms with van der Waals surface area (Å²) in [7, 11) is 0. The first-order valence-corrected chi connectivity index (χ1v) is 8.03. The SMILES string of the molecule is Cc1oc(CN2CCCC2C(C)C)cc1CNC(C)C. The molecule has 3 nitrogen and oxygen atoms in total. The summed E-state index contributed by atoms with van der Waals surface area (Å²) >= 11 is 0. The van der Waals surface area contributed by atoms with Crippen LogP contribution in [0, 0.1) is 12.8 Å². The normalized spacial score (nSPS) is 20.4. The lowest BCUT2D eigenvalue weighted by molar-refractivity contribution is 0.184. The Morgan fingerprint density at radius 3 is 2.75 bits per heavy atom. The van der Waals surface area contributed by atoms with Gasteiger partial charge in [0.15, 0.2) is 0 Å². The van der Waals surface area contributed by atoms with E-state index in [-0.39, 0.29) is 0 Å². The van der Waals surface area contributed by atoms with Crippen molar-refractivity contribution in [2.45, 2.75) is 72.6 Å². The van der Waals surface area contributed by atoms with Crippen LogP contribution in [0.4, 0.5) is 0 Å². The van der Waals surface area contributed by atoms with E-state index < -0.39 is 0 Å². The molecule has 2 heterocycles. The Bertz CT molecular complexity index is 423. The van der Waals surface area contributed by atoms with Gasteiger partial charge in [-0.2, -0.15) is 0 Å². The Hall–Kier alpha value is -0.800. The second-order valence-corrected chi connectivity index (χ2v) is 6.75. The first-order chi connectivity index (χ1) is 9.47. The van der Waals surface area contributed by atoms with Crippen molar-refractivity contribution in [3.05, 3.63) is 23.2 Å². The van der Waals surface area contributed by atoms with E-state index in [2.05, 4.69) is 50.9 Å². The van der Waals surface area contributed by atoms with Gasteiger partial charge < -0.3 is 9.73 Å². The van der Waals surface area contributed by atoms with E-state index in [4.69, 9.17) is 4.42 Å². The number of hydrogen-bond donors (Lipinski definition) is 1. The standard InChI is InChI=1S/C17H30N2O/c1-12(2)17-7-6-8-19(17)11-16-9-15(14(5)20-16)10-18-13(3)4/h9,12-13,17-18H,6-8,10-11H2,1-5H3. The molecule has 0 saturated carbocycles. The van der Waals surface area contributed by atoms with Crippen molar-refractivity contribution in [1.82, 2.24) is 10.2 Å². The highest BCUT2D eigenvalue weighted by Gasteiger charge is 2.27. The number of likely N-dealkylation sites (tertiary alicyclic amines) is 1. The number of hydrogen-bond acceptors (Lipinski definition) is 3. The van der Waals surface area contributed by atoms with Crippen LogP contribution in [0.1, 0.15) is 57.6 Å². The molecule has 1 aliphatic heterocycles. The third-order valence-corrected chi connectivity index (χ3v) is 4.32. The van der Waals surface area contributed by atoms with Crippen molar-refractivity contribution in [2.75, 3.05) is 6.54 Å². The number of nitrogens with one attached hydrogen (secondary N) is 1. The highest BCUT2D eigenvalue weighted by molar-refractivity contribution is 5.21. The average Bonchev–Trinajstić information content (AvgIpc) is 2.94. The minimum Gasteiger partial charge on any atom is -0.465 e. The van der Waals surface area contributed by atoms with E-state index in [1.165, 1.54) is 24.9 Å². The van der Waals surface area contributed by atoms with Crippen molar-refractivity contribution in [3.63, 3.8) is 0 Å². The molecular weight excluding hydrogens is 248 g/mol. The molecule has 2 rings (SSSR count). The molecular formula is C17H30N2O. The maximum Gasteiger partial charge on any atom is 0.118 e. The van der Waals surface area contributed by atoms with Crippen LogP contribution < -0.4 is 5.32 Å². The van der Waals surface area contributed by atoms with Crippen LogP contribution in [0.15, 0.2) is 10.5 Å². The topological polar surface area (TPSA) is 28.4 Å². The van der Waals surface area contributed by atoms with Crippen molar-refractivity contribution >= 4 is 0 Å². The van der Waals surface area contributed by atoms with E-state index in [1.54, 1.807) is 0 Å². The predicted octanol–water partition coefficient (Wildman–Crippen LogP) is 3.71. The Labute approximate surface area is 123 Å². The molecule has 0 aromatic carbocycles. The minimum atomic E-state index is 0.511. The zero-order valence-electron chi connectivity index (χ0n) is 13.7. The summed E-state index contributed by atoms with van der Waals surface area (Å²) < 4.78 is 5.96. The van der Waals surface area contributed by atoms with Crippen LogP contribution in [0.3, 0.4) is 0 Å². The third-order valence-electron chi connectivity index (χ3n) is 4.32. The summed E-state index contributed by atoms with van der Waals surface area (Å²) in [5, 5.41) is 3.46. The molecule has 1 fully saturated rings. The number of furan rings is 1. The Morgan fingerprint density at radius 2 is 2.10 bits per heavy atom. The van der Waals surface area contributed by atoms with Gasteiger partial charge in [-0.05, 0) is 38.3 Å². The van der Waals surface area contributed by atoms with E-state index in [1.807, 2.05) is 0 Å². The zero-order valence-corrected chi connectivity index (χ0v) is 13.7. The molecule has 1 N–H and O–H groups in total. The highest BCUT2D eigenvalue weighted by atomic mass is 16.3. The summed E-state index contributed by atoms with van der Waals surface area (Å²) in [6.45, 7) is 14.2. The lowest BCUT2D eigenvalue weighted by Gasteiger charge is -2.26. The summed E-state index contributed by atoms with van der Waals surface area (Å²) in [4.78, 5) is 2.59. The third kappa shape index (κ3) is 3.86. The molecule has 1 atom stereocenters. The van der Waals surface area contributed by atoms with E-state index in [0.29, 0.717) is 6.04 Å². The molecule has 0 spiro atoms. The molecule has 1 saturated heterocycles. The van der Waals surface area contributed by atoms with Crippen LogP contribution in [0.25, 0.3) is 0 Å². The van der Waals surface area contributed by atoms with Gasteiger partial charge in [0.25, 0.3) is 0 Å². The molecule has 3 heteroatoms. The van der Waals surface area contributed by atoms with Crippen LogP contribution in [-0.2, 0) is 13.1 Å². The quantitative estimate of drug-likeness (QED) is 0.860. The molecule has 0 bridgehead atoms.